The molecule has 0 radical (unpaired) electrons. The zero-order valence-corrected chi connectivity index (χ0v) is 18.9. The molecule has 1 N–H and O–H groups in total. The van der Waals surface area contributed by atoms with E-state index in [9.17, 15) is 4.79 Å². The summed E-state index contributed by atoms with van der Waals surface area (Å²) in [6.45, 7) is 4.77. The molecule has 4 rings (SSSR count). The maximum atomic E-state index is 12.7. The van der Waals surface area contributed by atoms with E-state index in [0.717, 1.165) is 55.1 Å². The number of amides is 1. The lowest BCUT2D eigenvalue weighted by atomic mass is 10.1. The maximum absolute atomic E-state index is 12.7. The summed E-state index contributed by atoms with van der Waals surface area (Å²) in [5.74, 6) is 1.51. The van der Waals surface area contributed by atoms with Crippen LogP contribution in [0.1, 0.15) is 10.5 Å². The number of aromatic nitrogens is 2. The summed E-state index contributed by atoms with van der Waals surface area (Å²) < 4.78 is 5.26. The third-order valence-electron chi connectivity index (χ3n) is 5.74. The van der Waals surface area contributed by atoms with Crippen LogP contribution in [0.4, 0.5) is 11.5 Å². The van der Waals surface area contributed by atoms with E-state index in [2.05, 4.69) is 37.4 Å². The summed E-state index contributed by atoms with van der Waals surface area (Å²) in [6.07, 6.45) is 0. The van der Waals surface area contributed by atoms with Crippen molar-refractivity contribution in [2.45, 2.75) is 0 Å². The number of ether oxygens (including phenoxy) is 1. The quantitative estimate of drug-likeness (QED) is 0.611. The van der Waals surface area contributed by atoms with E-state index < -0.39 is 0 Å². The highest BCUT2D eigenvalue weighted by molar-refractivity contribution is 6.07. The van der Waals surface area contributed by atoms with Crippen molar-refractivity contribution in [3.05, 3.63) is 54.2 Å². The van der Waals surface area contributed by atoms with E-state index in [1.54, 1.807) is 7.11 Å². The summed E-state index contributed by atoms with van der Waals surface area (Å²) >= 11 is 0. The van der Waals surface area contributed by atoms with Gasteiger partial charge < -0.3 is 24.8 Å². The van der Waals surface area contributed by atoms with Gasteiger partial charge in [-0.3, -0.25) is 4.79 Å². The highest BCUT2D eigenvalue weighted by Crippen LogP contribution is 2.28. The molecule has 8 heteroatoms. The molecule has 1 aliphatic rings. The van der Waals surface area contributed by atoms with Crippen LogP contribution in [-0.2, 0) is 0 Å². The minimum absolute atomic E-state index is 0.188. The average molecular weight is 435 g/mol. The second-order valence-electron chi connectivity index (χ2n) is 8.15. The molecular formula is C24H30N6O2. The van der Waals surface area contributed by atoms with Crippen LogP contribution in [0.25, 0.3) is 10.8 Å². The second kappa shape index (κ2) is 9.82. The van der Waals surface area contributed by atoms with E-state index in [4.69, 9.17) is 4.74 Å². The molecular weight excluding hydrogens is 404 g/mol. The summed E-state index contributed by atoms with van der Waals surface area (Å²) in [7, 11) is 5.63. The number of carbonyl (C=O) groups is 1. The normalized spacial score (nSPS) is 14.1. The van der Waals surface area contributed by atoms with Crippen molar-refractivity contribution in [1.82, 2.24) is 20.4 Å². The van der Waals surface area contributed by atoms with E-state index in [1.807, 2.05) is 55.4 Å². The highest BCUT2D eigenvalue weighted by Gasteiger charge is 2.22. The molecule has 1 aliphatic heterocycles. The van der Waals surface area contributed by atoms with Gasteiger partial charge >= 0.3 is 0 Å². The topological polar surface area (TPSA) is 73.8 Å². The number of hydrogen-bond acceptors (Lipinski definition) is 7. The maximum Gasteiger partial charge on any atom is 0.272 e. The number of piperazine rings is 1. The van der Waals surface area contributed by atoms with E-state index in [1.165, 1.54) is 5.69 Å². The SMILES string of the molecule is COc1ccc(N2CCN(c3nnc(C(=O)NCCN(C)C)c4ccccc34)CC2)cc1. The summed E-state index contributed by atoms with van der Waals surface area (Å²) in [6, 6.07) is 16.0. The molecule has 0 atom stereocenters. The van der Waals surface area contributed by atoms with Crippen LogP contribution in [-0.4, -0.2) is 81.5 Å². The number of methoxy groups -OCH3 is 1. The fraction of sp³-hybridized carbons (Fsp3) is 0.375. The highest BCUT2D eigenvalue weighted by atomic mass is 16.5. The van der Waals surface area contributed by atoms with Crippen LogP contribution < -0.4 is 19.9 Å². The molecule has 2 aromatic carbocycles. The molecule has 3 aromatic rings. The molecule has 8 nitrogen and oxygen atoms in total. The molecule has 1 fully saturated rings. The lowest BCUT2D eigenvalue weighted by Gasteiger charge is -2.37. The zero-order chi connectivity index (χ0) is 22.5. The summed E-state index contributed by atoms with van der Waals surface area (Å²) in [5, 5.41) is 13.5. The van der Waals surface area contributed by atoms with Gasteiger partial charge in [-0.05, 0) is 38.4 Å². The molecule has 1 amide bonds. The number of anilines is 2. The van der Waals surface area contributed by atoms with Gasteiger partial charge in [0, 0.05) is 55.7 Å². The van der Waals surface area contributed by atoms with Gasteiger partial charge in [-0.15, -0.1) is 10.2 Å². The Bertz CT molecular complexity index is 1060. The fourth-order valence-electron chi connectivity index (χ4n) is 3.94. The predicted octanol–water partition coefficient (Wildman–Crippen LogP) is 2.26. The van der Waals surface area contributed by atoms with Crippen molar-refractivity contribution in [3.8, 4) is 5.75 Å². The van der Waals surface area contributed by atoms with Crippen molar-refractivity contribution in [2.75, 3.05) is 70.3 Å². The molecule has 1 aromatic heterocycles. The molecule has 0 aliphatic carbocycles. The number of nitrogens with zero attached hydrogens (tertiary/aromatic N) is 5. The molecule has 168 valence electrons. The van der Waals surface area contributed by atoms with Crippen molar-refractivity contribution in [1.29, 1.82) is 0 Å². The Morgan fingerprint density at radius 1 is 0.969 bits per heavy atom. The van der Waals surface area contributed by atoms with Gasteiger partial charge in [0.15, 0.2) is 11.5 Å². The Morgan fingerprint density at radius 3 is 2.28 bits per heavy atom. The predicted molar refractivity (Wildman–Crippen MR) is 128 cm³/mol. The van der Waals surface area contributed by atoms with Crippen LogP contribution in [0.5, 0.6) is 5.75 Å². The minimum atomic E-state index is -0.188. The van der Waals surface area contributed by atoms with Gasteiger partial charge in [0.05, 0.1) is 7.11 Å². The Labute approximate surface area is 188 Å². The number of nitrogens with one attached hydrogen (secondary N) is 1. The summed E-state index contributed by atoms with van der Waals surface area (Å²) in [5.41, 5.74) is 1.56. The van der Waals surface area contributed by atoms with Gasteiger partial charge in [-0.25, -0.2) is 0 Å². The van der Waals surface area contributed by atoms with E-state index in [0.29, 0.717) is 12.2 Å². The zero-order valence-electron chi connectivity index (χ0n) is 18.9. The first-order chi connectivity index (χ1) is 15.6. The number of fused-ring (bicyclic) bond motifs is 1. The number of rotatable bonds is 7. The lowest BCUT2D eigenvalue weighted by molar-refractivity contribution is 0.0947. The van der Waals surface area contributed by atoms with Crippen LogP contribution in [0.2, 0.25) is 0 Å². The first kappa shape index (κ1) is 21.8. The van der Waals surface area contributed by atoms with Gasteiger partial charge in [0.25, 0.3) is 5.91 Å². The Morgan fingerprint density at radius 2 is 1.62 bits per heavy atom. The Kier molecular flexibility index (Phi) is 6.70. The third-order valence-corrected chi connectivity index (χ3v) is 5.74. The lowest BCUT2D eigenvalue weighted by Crippen LogP contribution is -2.47. The molecule has 0 saturated carbocycles. The van der Waals surface area contributed by atoms with Crippen LogP contribution in [0.3, 0.4) is 0 Å². The Hall–Kier alpha value is -3.39. The largest absolute Gasteiger partial charge is 0.497 e. The van der Waals surface area contributed by atoms with E-state index >= 15 is 0 Å². The van der Waals surface area contributed by atoms with Crippen LogP contribution in [0.15, 0.2) is 48.5 Å². The molecule has 0 bridgehead atoms. The summed E-state index contributed by atoms with van der Waals surface area (Å²) in [4.78, 5) is 19.4. The minimum Gasteiger partial charge on any atom is -0.497 e. The first-order valence-corrected chi connectivity index (χ1v) is 10.9. The third kappa shape index (κ3) is 4.75. The standard InChI is InChI=1S/C24H30N6O2/c1-28(2)13-12-25-24(31)22-20-6-4-5-7-21(20)23(27-26-22)30-16-14-29(15-17-30)18-8-10-19(32-3)11-9-18/h4-11H,12-17H2,1-3H3,(H,25,31). The molecule has 0 spiro atoms. The van der Waals surface area contributed by atoms with Crippen molar-refractivity contribution < 1.29 is 9.53 Å². The molecule has 0 unspecified atom stereocenters. The van der Waals surface area contributed by atoms with Gasteiger partial charge in [-0.1, -0.05) is 24.3 Å². The second-order valence-corrected chi connectivity index (χ2v) is 8.15. The van der Waals surface area contributed by atoms with E-state index in [-0.39, 0.29) is 5.91 Å². The molecule has 32 heavy (non-hydrogen) atoms. The smallest absolute Gasteiger partial charge is 0.272 e. The number of carbonyl (C=O) groups excluding carboxylic acids is 1. The van der Waals surface area contributed by atoms with Gasteiger partial charge in [0.1, 0.15) is 5.75 Å². The van der Waals surface area contributed by atoms with Crippen LogP contribution in [0, 0.1) is 0 Å². The average Bonchev–Trinajstić information content (AvgIpc) is 2.83. The van der Waals surface area contributed by atoms with Gasteiger partial charge in [-0.2, -0.15) is 0 Å². The van der Waals surface area contributed by atoms with Crippen molar-refractivity contribution >= 4 is 28.2 Å². The first-order valence-electron chi connectivity index (χ1n) is 10.9. The monoisotopic (exact) mass is 434 g/mol. The van der Waals surface area contributed by atoms with Crippen molar-refractivity contribution in [2.24, 2.45) is 0 Å². The molecule has 1 saturated heterocycles. The number of hydrogen-bond donors (Lipinski definition) is 1. The fourth-order valence-corrected chi connectivity index (χ4v) is 3.94. The van der Waals surface area contributed by atoms with Crippen molar-refractivity contribution in [3.63, 3.8) is 0 Å². The Balaban J connectivity index is 1.49. The number of likely N-dealkylation sites (N-methyl/N-ethyl adjacent to an activating group) is 1. The van der Waals surface area contributed by atoms with Gasteiger partial charge in [0.2, 0.25) is 0 Å². The number of benzene rings is 2. The molecule has 2 heterocycles. The van der Waals surface area contributed by atoms with Crippen LogP contribution >= 0.6 is 0 Å².